The van der Waals surface area contributed by atoms with Gasteiger partial charge in [-0.3, -0.25) is 4.79 Å². The number of aromatic nitrogens is 1. The van der Waals surface area contributed by atoms with Crippen LogP contribution in [0.5, 0.6) is 0 Å². The lowest BCUT2D eigenvalue weighted by molar-refractivity contribution is -0.125. The summed E-state index contributed by atoms with van der Waals surface area (Å²) in [7, 11) is 0. The van der Waals surface area contributed by atoms with Crippen LogP contribution in [0.4, 0.5) is 4.79 Å². The summed E-state index contributed by atoms with van der Waals surface area (Å²) < 4.78 is 5.30. The van der Waals surface area contributed by atoms with Crippen LogP contribution in [-0.2, 0) is 27.4 Å². The molecule has 2 aromatic carbocycles. The van der Waals surface area contributed by atoms with Crippen LogP contribution in [0.2, 0.25) is 0 Å². The van der Waals surface area contributed by atoms with Crippen molar-refractivity contribution in [3.8, 4) is 0 Å². The molecule has 3 aromatic rings. The summed E-state index contributed by atoms with van der Waals surface area (Å²) in [6, 6.07) is 15.5. The lowest BCUT2D eigenvalue weighted by Gasteiger charge is -2.21. The molecule has 0 aliphatic rings. The van der Waals surface area contributed by atoms with Crippen molar-refractivity contribution < 1.29 is 19.1 Å². The number of para-hydroxylation sites is 1. The average molecular weight is 436 g/mol. The third-order valence-corrected chi connectivity index (χ3v) is 5.14. The van der Waals surface area contributed by atoms with Crippen molar-refractivity contribution in [1.29, 1.82) is 0 Å². The first-order valence-corrected chi connectivity index (χ1v) is 10.7. The number of carbonyl (C=O) groups excluding carboxylic acids is 3. The molecule has 0 radical (unpaired) electrons. The number of hydrogen-bond acceptors (Lipinski definition) is 4. The Labute approximate surface area is 187 Å². The Morgan fingerprint density at radius 1 is 1.03 bits per heavy atom. The van der Waals surface area contributed by atoms with Crippen LogP contribution in [0.3, 0.4) is 0 Å². The standard InChI is InChI=1S/C25H29N3O4/c1-17(2)12-20(15-29)27-24(30)23(13-19-14-26-22-11-7-6-10-21(19)22)28-25(31)32-16-18-8-4-3-5-9-18/h3-11,14-15,17,20,23,26H,12-13,16H2,1-2H3,(H,27,30)(H,28,31)/t20-,23-/m0/s1. The van der Waals surface area contributed by atoms with Crippen LogP contribution in [0.15, 0.2) is 60.8 Å². The molecule has 168 valence electrons. The number of hydrogen-bond donors (Lipinski definition) is 3. The molecular weight excluding hydrogens is 406 g/mol. The van der Waals surface area contributed by atoms with Gasteiger partial charge in [-0.05, 0) is 29.5 Å². The second-order valence-corrected chi connectivity index (χ2v) is 8.20. The van der Waals surface area contributed by atoms with Gasteiger partial charge in [0.25, 0.3) is 0 Å². The van der Waals surface area contributed by atoms with Crippen molar-refractivity contribution >= 4 is 29.2 Å². The normalized spacial score (nSPS) is 12.8. The summed E-state index contributed by atoms with van der Waals surface area (Å²) in [4.78, 5) is 40.1. The maximum atomic E-state index is 13.0. The average Bonchev–Trinajstić information content (AvgIpc) is 3.20. The first kappa shape index (κ1) is 23.1. The minimum absolute atomic E-state index is 0.0956. The van der Waals surface area contributed by atoms with E-state index in [4.69, 9.17) is 4.74 Å². The highest BCUT2D eigenvalue weighted by atomic mass is 16.5. The van der Waals surface area contributed by atoms with Gasteiger partial charge in [0.15, 0.2) is 0 Å². The van der Waals surface area contributed by atoms with Gasteiger partial charge >= 0.3 is 6.09 Å². The van der Waals surface area contributed by atoms with Crippen molar-refractivity contribution in [2.45, 2.75) is 45.4 Å². The third kappa shape index (κ3) is 6.44. The van der Waals surface area contributed by atoms with Gasteiger partial charge in [0.1, 0.15) is 18.9 Å². The summed E-state index contributed by atoms with van der Waals surface area (Å²) >= 11 is 0. The molecule has 3 N–H and O–H groups in total. The second-order valence-electron chi connectivity index (χ2n) is 8.20. The molecule has 2 amide bonds. The molecule has 0 fully saturated rings. The number of carbonyl (C=O) groups is 3. The first-order valence-electron chi connectivity index (χ1n) is 10.7. The molecule has 0 unspecified atom stereocenters. The van der Waals surface area contributed by atoms with Crippen LogP contribution < -0.4 is 10.6 Å². The van der Waals surface area contributed by atoms with E-state index in [-0.39, 0.29) is 18.9 Å². The lowest BCUT2D eigenvalue weighted by Crippen LogP contribution is -2.51. The third-order valence-electron chi connectivity index (χ3n) is 5.14. The summed E-state index contributed by atoms with van der Waals surface area (Å²) in [6.45, 7) is 4.05. The smallest absolute Gasteiger partial charge is 0.408 e. The summed E-state index contributed by atoms with van der Waals surface area (Å²) in [6.07, 6.45) is 2.64. The van der Waals surface area contributed by atoms with Gasteiger partial charge in [-0.25, -0.2) is 4.79 Å². The predicted octanol–water partition coefficient (Wildman–Crippen LogP) is 3.74. The molecule has 7 heteroatoms. The Hall–Kier alpha value is -3.61. The highest BCUT2D eigenvalue weighted by Gasteiger charge is 2.25. The quantitative estimate of drug-likeness (QED) is 0.423. The lowest BCUT2D eigenvalue weighted by atomic mass is 10.0. The summed E-state index contributed by atoms with van der Waals surface area (Å²) in [5.74, 6) is -0.189. The number of H-pyrrole nitrogens is 1. The maximum absolute atomic E-state index is 13.0. The fraction of sp³-hybridized carbons (Fsp3) is 0.320. The molecule has 2 atom stereocenters. The van der Waals surface area contributed by atoms with Gasteiger partial charge in [-0.2, -0.15) is 0 Å². The van der Waals surface area contributed by atoms with Gasteiger partial charge in [-0.15, -0.1) is 0 Å². The minimum Gasteiger partial charge on any atom is -0.445 e. The second kappa shape index (κ2) is 11.1. The predicted molar refractivity (Wildman–Crippen MR) is 123 cm³/mol. The van der Waals surface area contributed by atoms with Gasteiger partial charge < -0.3 is 25.1 Å². The first-order chi connectivity index (χ1) is 15.5. The van der Waals surface area contributed by atoms with E-state index in [0.717, 1.165) is 28.3 Å². The highest BCUT2D eigenvalue weighted by molar-refractivity contribution is 5.89. The zero-order chi connectivity index (χ0) is 22.9. The molecule has 32 heavy (non-hydrogen) atoms. The van der Waals surface area contributed by atoms with Gasteiger partial charge in [0.2, 0.25) is 5.91 Å². The molecule has 0 spiro atoms. The number of rotatable bonds is 10. The van der Waals surface area contributed by atoms with Crippen LogP contribution in [0.25, 0.3) is 10.9 Å². The molecule has 3 rings (SSSR count). The number of ether oxygens (including phenoxy) is 1. The van der Waals surface area contributed by atoms with Gasteiger partial charge in [0, 0.05) is 23.5 Å². The molecule has 1 aromatic heterocycles. The number of amides is 2. The molecule has 0 saturated carbocycles. The molecule has 7 nitrogen and oxygen atoms in total. The van der Waals surface area contributed by atoms with Crippen molar-refractivity contribution in [3.05, 3.63) is 71.9 Å². The van der Waals surface area contributed by atoms with E-state index in [2.05, 4.69) is 15.6 Å². The Morgan fingerprint density at radius 2 is 1.75 bits per heavy atom. The van der Waals surface area contributed by atoms with Gasteiger partial charge in [-0.1, -0.05) is 62.4 Å². The Morgan fingerprint density at radius 3 is 2.47 bits per heavy atom. The zero-order valence-corrected chi connectivity index (χ0v) is 18.3. The molecule has 0 saturated heterocycles. The highest BCUT2D eigenvalue weighted by Crippen LogP contribution is 2.19. The molecule has 0 aliphatic heterocycles. The van der Waals surface area contributed by atoms with Crippen LogP contribution in [-0.4, -0.2) is 35.4 Å². The number of aldehydes is 1. The minimum atomic E-state index is -0.896. The van der Waals surface area contributed by atoms with E-state index in [9.17, 15) is 14.4 Å². The van der Waals surface area contributed by atoms with Crippen LogP contribution in [0, 0.1) is 5.92 Å². The van der Waals surface area contributed by atoms with E-state index in [1.807, 2.05) is 74.6 Å². The van der Waals surface area contributed by atoms with Crippen molar-refractivity contribution in [2.75, 3.05) is 0 Å². The van der Waals surface area contributed by atoms with E-state index in [1.165, 1.54) is 0 Å². The monoisotopic (exact) mass is 435 g/mol. The van der Waals surface area contributed by atoms with Gasteiger partial charge in [0.05, 0.1) is 6.04 Å². The van der Waals surface area contributed by atoms with Crippen LogP contribution >= 0.6 is 0 Å². The van der Waals surface area contributed by atoms with E-state index in [0.29, 0.717) is 6.42 Å². The number of aromatic amines is 1. The van der Waals surface area contributed by atoms with Crippen LogP contribution in [0.1, 0.15) is 31.4 Å². The fourth-order valence-electron chi connectivity index (χ4n) is 3.58. The topological polar surface area (TPSA) is 100 Å². The summed E-state index contributed by atoms with van der Waals surface area (Å²) in [5, 5.41) is 6.39. The Balaban J connectivity index is 1.72. The Kier molecular flexibility index (Phi) is 8.02. The number of alkyl carbamates (subject to hydrolysis) is 1. The van der Waals surface area contributed by atoms with E-state index >= 15 is 0 Å². The summed E-state index contributed by atoms with van der Waals surface area (Å²) in [5.41, 5.74) is 2.67. The fourth-order valence-corrected chi connectivity index (χ4v) is 3.58. The number of nitrogens with one attached hydrogen (secondary N) is 3. The number of fused-ring (bicyclic) bond motifs is 1. The maximum Gasteiger partial charge on any atom is 0.408 e. The molecule has 0 bridgehead atoms. The molecular formula is C25H29N3O4. The van der Waals surface area contributed by atoms with E-state index < -0.39 is 24.1 Å². The SMILES string of the molecule is CC(C)C[C@@H](C=O)NC(=O)[C@H](Cc1c[nH]c2ccccc12)NC(=O)OCc1ccccc1. The van der Waals surface area contributed by atoms with Crippen molar-refractivity contribution in [3.63, 3.8) is 0 Å². The zero-order valence-electron chi connectivity index (χ0n) is 18.3. The van der Waals surface area contributed by atoms with E-state index in [1.54, 1.807) is 0 Å². The number of benzene rings is 2. The van der Waals surface area contributed by atoms with Crippen molar-refractivity contribution in [1.82, 2.24) is 15.6 Å². The molecule has 0 aliphatic carbocycles. The molecule has 1 heterocycles. The van der Waals surface area contributed by atoms with Crippen molar-refractivity contribution in [2.24, 2.45) is 5.92 Å². The Bertz CT molecular complexity index is 1050. The largest absolute Gasteiger partial charge is 0.445 e.